The molecule has 1 aliphatic rings. The second-order valence-corrected chi connectivity index (χ2v) is 4.78. The Morgan fingerprint density at radius 2 is 1.90 bits per heavy atom. The van der Waals surface area contributed by atoms with Gasteiger partial charge in [-0.2, -0.15) is 0 Å². The molecule has 0 N–H and O–H groups in total. The molecule has 1 saturated heterocycles. The largest absolute Gasteiger partial charge is 0.337 e. The molecule has 0 atom stereocenters. The van der Waals surface area contributed by atoms with E-state index in [1.165, 1.54) is 18.2 Å². The minimum Gasteiger partial charge on any atom is -0.337 e. The van der Waals surface area contributed by atoms with Crippen LogP contribution in [0.4, 0.5) is 5.69 Å². The minimum absolute atomic E-state index is 0.00919. The average molecular weight is 275 g/mol. The van der Waals surface area contributed by atoms with Crippen molar-refractivity contribution in [3.8, 4) is 0 Å². The molecule has 0 unspecified atom stereocenters. The van der Waals surface area contributed by atoms with Gasteiger partial charge in [-0.25, -0.2) is 0 Å². The summed E-state index contributed by atoms with van der Waals surface area (Å²) < 4.78 is 0. The molecule has 6 heteroatoms. The molecule has 0 aromatic heterocycles. The number of hydrogen-bond acceptors (Lipinski definition) is 4. The molecule has 1 aliphatic heterocycles. The summed E-state index contributed by atoms with van der Waals surface area (Å²) in [4.78, 5) is 26.4. The molecule has 0 radical (unpaired) electrons. The first-order chi connectivity index (χ1) is 9.58. The van der Waals surface area contributed by atoms with E-state index in [4.69, 9.17) is 0 Å². The van der Waals surface area contributed by atoms with Crippen LogP contribution in [0.2, 0.25) is 0 Å². The van der Waals surface area contributed by atoms with Crippen molar-refractivity contribution in [2.45, 2.75) is 0 Å². The third-order valence-electron chi connectivity index (χ3n) is 3.35. The van der Waals surface area contributed by atoms with Crippen LogP contribution in [0.3, 0.4) is 0 Å². The number of para-hydroxylation sites is 1. The fraction of sp³-hybridized carbons (Fsp3) is 0.357. The Balaban J connectivity index is 2.06. The molecule has 0 saturated carbocycles. The van der Waals surface area contributed by atoms with Gasteiger partial charge in [0.05, 0.1) is 10.5 Å². The van der Waals surface area contributed by atoms with Gasteiger partial charge in [0.1, 0.15) is 0 Å². The van der Waals surface area contributed by atoms with E-state index >= 15 is 0 Å². The number of benzene rings is 1. The number of amides is 1. The molecule has 106 valence electrons. The van der Waals surface area contributed by atoms with Crippen molar-refractivity contribution in [2.24, 2.45) is 0 Å². The number of nitro groups is 1. The third kappa shape index (κ3) is 3.42. The maximum absolute atomic E-state index is 12.0. The zero-order valence-corrected chi connectivity index (χ0v) is 11.4. The van der Waals surface area contributed by atoms with E-state index in [-0.39, 0.29) is 11.6 Å². The summed E-state index contributed by atoms with van der Waals surface area (Å²) >= 11 is 0. The van der Waals surface area contributed by atoms with Gasteiger partial charge in [-0.1, -0.05) is 12.1 Å². The molecular formula is C14H17N3O3. The maximum Gasteiger partial charge on any atom is 0.276 e. The molecule has 1 aromatic rings. The van der Waals surface area contributed by atoms with E-state index in [1.54, 1.807) is 23.1 Å². The van der Waals surface area contributed by atoms with Crippen molar-refractivity contribution in [1.29, 1.82) is 0 Å². The Morgan fingerprint density at radius 1 is 1.25 bits per heavy atom. The van der Waals surface area contributed by atoms with Crippen molar-refractivity contribution in [2.75, 3.05) is 33.2 Å². The monoisotopic (exact) mass is 275 g/mol. The van der Waals surface area contributed by atoms with E-state index < -0.39 is 4.92 Å². The predicted molar refractivity (Wildman–Crippen MR) is 76.2 cm³/mol. The highest BCUT2D eigenvalue weighted by Gasteiger charge is 2.17. The third-order valence-corrected chi connectivity index (χ3v) is 3.35. The Bertz CT molecular complexity index is 534. The lowest BCUT2D eigenvalue weighted by molar-refractivity contribution is -0.385. The summed E-state index contributed by atoms with van der Waals surface area (Å²) in [6.07, 6.45) is 2.92. The zero-order valence-electron chi connectivity index (χ0n) is 11.4. The normalized spacial score (nSPS) is 16.6. The number of piperazine rings is 1. The maximum atomic E-state index is 12.0. The van der Waals surface area contributed by atoms with Crippen molar-refractivity contribution in [3.05, 3.63) is 46.0 Å². The van der Waals surface area contributed by atoms with E-state index in [9.17, 15) is 14.9 Å². The van der Waals surface area contributed by atoms with E-state index in [2.05, 4.69) is 4.90 Å². The summed E-state index contributed by atoms with van der Waals surface area (Å²) in [7, 11) is 2.02. The van der Waals surface area contributed by atoms with Crippen LogP contribution in [-0.4, -0.2) is 53.9 Å². The van der Waals surface area contributed by atoms with Gasteiger partial charge in [0.15, 0.2) is 0 Å². The van der Waals surface area contributed by atoms with Crippen LogP contribution in [0, 0.1) is 10.1 Å². The number of rotatable bonds is 3. The van der Waals surface area contributed by atoms with Gasteiger partial charge in [0, 0.05) is 38.3 Å². The highest BCUT2D eigenvalue weighted by molar-refractivity contribution is 5.92. The molecular weight excluding hydrogens is 258 g/mol. The van der Waals surface area contributed by atoms with Gasteiger partial charge >= 0.3 is 0 Å². The fourth-order valence-electron chi connectivity index (χ4n) is 2.09. The summed E-state index contributed by atoms with van der Waals surface area (Å²) in [6, 6.07) is 6.39. The Hall–Kier alpha value is -2.21. The number of nitrogens with zero attached hydrogens (tertiary/aromatic N) is 3. The van der Waals surface area contributed by atoms with Gasteiger partial charge in [-0.15, -0.1) is 0 Å². The molecule has 0 spiro atoms. The number of hydrogen-bond donors (Lipinski definition) is 0. The second kappa shape index (κ2) is 6.29. The second-order valence-electron chi connectivity index (χ2n) is 4.78. The van der Waals surface area contributed by atoms with Crippen LogP contribution in [0.15, 0.2) is 30.3 Å². The minimum atomic E-state index is -0.444. The van der Waals surface area contributed by atoms with Gasteiger partial charge in [0.25, 0.3) is 5.69 Å². The SMILES string of the molecule is CN1CCN(C(=O)/C=C/c2ccccc2[N+](=O)[O-])CC1. The first-order valence-electron chi connectivity index (χ1n) is 6.47. The molecule has 2 rings (SSSR count). The number of likely N-dealkylation sites (N-methyl/N-ethyl adjacent to an activating group) is 1. The lowest BCUT2D eigenvalue weighted by Crippen LogP contribution is -2.46. The van der Waals surface area contributed by atoms with Gasteiger partial charge in [0.2, 0.25) is 5.91 Å². The quantitative estimate of drug-likeness (QED) is 0.475. The van der Waals surface area contributed by atoms with Crippen LogP contribution < -0.4 is 0 Å². The molecule has 6 nitrogen and oxygen atoms in total. The van der Waals surface area contributed by atoms with Gasteiger partial charge < -0.3 is 9.80 Å². The number of carbonyl (C=O) groups excluding carboxylic acids is 1. The fourth-order valence-corrected chi connectivity index (χ4v) is 2.09. The van der Waals surface area contributed by atoms with Crippen LogP contribution in [0.1, 0.15) is 5.56 Å². The summed E-state index contributed by atoms with van der Waals surface area (Å²) in [5.41, 5.74) is 0.454. The molecule has 1 fully saturated rings. The van der Waals surface area contributed by atoms with Crippen molar-refractivity contribution in [3.63, 3.8) is 0 Å². The van der Waals surface area contributed by atoms with Crippen molar-refractivity contribution in [1.82, 2.24) is 9.80 Å². The topological polar surface area (TPSA) is 66.7 Å². The standard InChI is InChI=1S/C14H17N3O3/c1-15-8-10-16(11-9-15)14(18)7-6-12-4-2-3-5-13(12)17(19)20/h2-7H,8-11H2,1H3/b7-6+. The average Bonchev–Trinajstić information content (AvgIpc) is 2.45. The van der Waals surface area contributed by atoms with Gasteiger partial charge in [-0.3, -0.25) is 14.9 Å². The Kier molecular flexibility index (Phi) is 4.47. The summed E-state index contributed by atoms with van der Waals surface area (Å²) in [5.74, 6) is -0.101. The van der Waals surface area contributed by atoms with Crippen LogP contribution >= 0.6 is 0 Å². The lowest BCUT2D eigenvalue weighted by atomic mass is 10.1. The Morgan fingerprint density at radius 3 is 2.55 bits per heavy atom. The Labute approximate surface area is 117 Å². The first kappa shape index (κ1) is 14.2. The number of carbonyl (C=O) groups is 1. The molecule has 1 amide bonds. The molecule has 1 heterocycles. The highest BCUT2D eigenvalue weighted by Crippen LogP contribution is 2.19. The molecule has 0 bridgehead atoms. The van der Waals surface area contributed by atoms with Crippen LogP contribution in [0.25, 0.3) is 6.08 Å². The lowest BCUT2D eigenvalue weighted by Gasteiger charge is -2.31. The van der Waals surface area contributed by atoms with E-state index in [0.29, 0.717) is 18.7 Å². The van der Waals surface area contributed by atoms with E-state index in [1.807, 2.05) is 7.05 Å². The van der Waals surface area contributed by atoms with Crippen molar-refractivity contribution < 1.29 is 9.72 Å². The smallest absolute Gasteiger partial charge is 0.276 e. The number of nitro benzene ring substituents is 1. The van der Waals surface area contributed by atoms with Crippen LogP contribution in [-0.2, 0) is 4.79 Å². The first-order valence-corrected chi connectivity index (χ1v) is 6.47. The van der Waals surface area contributed by atoms with Crippen LogP contribution in [0.5, 0.6) is 0 Å². The summed E-state index contributed by atoms with van der Waals surface area (Å²) in [5, 5.41) is 10.9. The highest BCUT2D eigenvalue weighted by atomic mass is 16.6. The molecule has 1 aromatic carbocycles. The zero-order chi connectivity index (χ0) is 14.5. The molecule has 0 aliphatic carbocycles. The predicted octanol–water partition coefficient (Wildman–Crippen LogP) is 1.38. The van der Waals surface area contributed by atoms with E-state index in [0.717, 1.165) is 13.1 Å². The summed E-state index contributed by atoms with van der Waals surface area (Å²) in [6.45, 7) is 3.09. The van der Waals surface area contributed by atoms with Gasteiger partial charge in [-0.05, 0) is 19.2 Å². The molecule has 20 heavy (non-hydrogen) atoms. The van der Waals surface area contributed by atoms with Crippen molar-refractivity contribution >= 4 is 17.7 Å².